The number of nitrogens with two attached hydrogens (primary N) is 1. The second-order valence-electron chi connectivity index (χ2n) is 8.70. The van der Waals surface area contributed by atoms with E-state index in [2.05, 4.69) is 0 Å². The van der Waals surface area contributed by atoms with Crippen LogP contribution in [0.4, 0.5) is 8.78 Å². The van der Waals surface area contributed by atoms with Crippen LogP contribution in [0.25, 0.3) is 0 Å². The molecule has 2 saturated heterocycles. The number of nitrogens with zero attached hydrogens (tertiary/aromatic N) is 2. The summed E-state index contributed by atoms with van der Waals surface area (Å²) in [7, 11) is 0. The van der Waals surface area contributed by atoms with Crippen molar-refractivity contribution in [2.24, 2.45) is 17.6 Å². The quantitative estimate of drug-likeness (QED) is 0.817. The van der Waals surface area contributed by atoms with Gasteiger partial charge in [-0.05, 0) is 50.2 Å². The molecule has 162 valence electrons. The van der Waals surface area contributed by atoms with Crippen LogP contribution in [-0.4, -0.2) is 52.7 Å². The molecule has 0 aromatic heterocycles. The molecule has 3 aliphatic rings. The molecule has 0 bridgehead atoms. The first kappa shape index (κ1) is 20.8. The molecule has 2 heterocycles. The van der Waals surface area contributed by atoms with Crippen LogP contribution < -0.4 is 5.73 Å². The SMILES string of the molecule is NC(=O)[C@@H]1C[C@H]2CCCC[C@H]2N1C(=O)C1CCN(C(=O)c2ccc(F)cc2F)CC1. The number of carbonyl (C=O) groups is 3. The summed E-state index contributed by atoms with van der Waals surface area (Å²) in [6, 6.07) is 2.44. The fraction of sp³-hybridized carbons (Fsp3) is 0.591. The molecule has 3 amide bonds. The van der Waals surface area contributed by atoms with Gasteiger partial charge >= 0.3 is 0 Å². The van der Waals surface area contributed by atoms with Gasteiger partial charge in [-0.2, -0.15) is 0 Å². The van der Waals surface area contributed by atoms with Gasteiger partial charge in [-0.1, -0.05) is 12.8 Å². The maximum atomic E-state index is 13.9. The normalized spacial score (nSPS) is 27.1. The Morgan fingerprint density at radius 3 is 2.37 bits per heavy atom. The number of hydrogen-bond acceptors (Lipinski definition) is 3. The molecule has 0 radical (unpaired) electrons. The van der Waals surface area contributed by atoms with Crippen LogP contribution >= 0.6 is 0 Å². The Balaban J connectivity index is 1.42. The Labute approximate surface area is 174 Å². The fourth-order valence-electron chi connectivity index (χ4n) is 5.40. The molecule has 3 fully saturated rings. The Hall–Kier alpha value is -2.51. The van der Waals surface area contributed by atoms with Crippen molar-refractivity contribution in [3.8, 4) is 0 Å². The van der Waals surface area contributed by atoms with Crippen LogP contribution in [0, 0.1) is 23.5 Å². The third-order valence-electron chi connectivity index (χ3n) is 6.96. The van der Waals surface area contributed by atoms with Gasteiger partial charge in [-0.3, -0.25) is 14.4 Å². The minimum atomic E-state index is -0.886. The summed E-state index contributed by atoms with van der Waals surface area (Å²) >= 11 is 0. The zero-order valence-corrected chi connectivity index (χ0v) is 16.9. The van der Waals surface area contributed by atoms with E-state index in [9.17, 15) is 23.2 Å². The van der Waals surface area contributed by atoms with E-state index >= 15 is 0 Å². The number of primary amides is 1. The van der Waals surface area contributed by atoms with E-state index in [1.165, 1.54) is 4.90 Å². The third-order valence-corrected chi connectivity index (χ3v) is 6.96. The standard InChI is InChI=1S/C22H27F2N3O3/c23-15-5-6-16(17(24)12-15)22(30)26-9-7-13(8-10-26)21(29)27-18-4-2-1-3-14(18)11-19(27)20(25)28/h5-6,12-14,18-19H,1-4,7-11H2,(H2,25,28)/t14-,18-,19+/m1/s1. The topological polar surface area (TPSA) is 83.7 Å². The minimum Gasteiger partial charge on any atom is -0.368 e. The van der Waals surface area contributed by atoms with E-state index in [1.807, 2.05) is 0 Å². The number of benzene rings is 1. The summed E-state index contributed by atoms with van der Waals surface area (Å²) in [5, 5.41) is 0. The van der Waals surface area contributed by atoms with E-state index < -0.39 is 29.5 Å². The molecule has 4 rings (SSSR count). The molecule has 2 N–H and O–H groups in total. The lowest BCUT2D eigenvalue weighted by Crippen LogP contribution is -2.52. The molecular formula is C22H27F2N3O3. The smallest absolute Gasteiger partial charge is 0.256 e. The lowest BCUT2D eigenvalue weighted by Gasteiger charge is -2.38. The zero-order valence-electron chi connectivity index (χ0n) is 16.9. The first-order valence-electron chi connectivity index (χ1n) is 10.7. The lowest BCUT2D eigenvalue weighted by molar-refractivity contribution is -0.144. The number of carbonyl (C=O) groups excluding carboxylic acids is 3. The molecule has 1 aliphatic carbocycles. The molecule has 6 nitrogen and oxygen atoms in total. The van der Waals surface area contributed by atoms with E-state index in [-0.39, 0.29) is 23.4 Å². The highest BCUT2D eigenvalue weighted by molar-refractivity contribution is 5.95. The van der Waals surface area contributed by atoms with Gasteiger partial charge in [0.1, 0.15) is 17.7 Å². The summed E-state index contributed by atoms with van der Waals surface area (Å²) in [5.41, 5.74) is 5.45. The summed E-state index contributed by atoms with van der Waals surface area (Å²) < 4.78 is 27.1. The van der Waals surface area contributed by atoms with Crippen LogP contribution in [0.5, 0.6) is 0 Å². The number of fused-ring (bicyclic) bond motifs is 1. The number of likely N-dealkylation sites (tertiary alicyclic amines) is 2. The monoisotopic (exact) mass is 419 g/mol. The van der Waals surface area contributed by atoms with Gasteiger partial charge in [0.2, 0.25) is 11.8 Å². The maximum absolute atomic E-state index is 13.9. The number of hydrogen-bond donors (Lipinski definition) is 1. The number of piperidine rings is 1. The molecular weight excluding hydrogens is 392 g/mol. The van der Waals surface area contributed by atoms with Gasteiger partial charge in [0, 0.05) is 31.1 Å². The number of halogens is 2. The van der Waals surface area contributed by atoms with Gasteiger partial charge in [-0.25, -0.2) is 8.78 Å². The van der Waals surface area contributed by atoms with Crippen LogP contribution in [0.15, 0.2) is 18.2 Å². The molecule has 3 atom stereocenters. The van der Waals surface area contributed by atoms with Crippen molar-refractivity contribution in [3.05, 3.63) is 35.4 Å². The van der Waals surface area contributed by atoms with Crippen molar-refractivity contribution in [3.63, 3.8) is 0 Å². The average molecular weight is 419 g/mol. The van der Waals surface area contributed by atoms with Crippen molar-refractivity contribution >= 4 is 17.7 Å². The number of rotatable bonds is 3. The van der Waals surface area contributed by atoms with Gasteiger partial charge in [-0.15, -0.1) is 0 Å². The van der Waals surface area contributed by atoms with Gasteiger partial charge in [0.05, 0.1) is 5.56 Å². The van der Waals surface area contributed by atoms with Crippen LogP contribution in [0.1, 0.15) is 55.3 Å². The average Bonchev–Trinajstić information content (AvgIpc) is 3.13. The van der Waals surface area contributed by atoms with Crippen molar-refractivity contribution < 1.29 is 23.2 Å². The Kier molecular flexibility index (Phi) is 5.75. The van der Waals surface area contributed by atoms with Crippen LogP contribution in [0.2, 0.25) is 0 Å². The van der Waals surface area contributed by atoms with Crippen molar-refractivity contribution in [1.29, 1.82) is 0 Å². The molecule has 1 aromatic carbocycles. The summed E-state index contributed by atoms with van der Waals surface area (Å²) in [4.78, 5) is 41.2. The largest absolute Gasteiger partial charge is 0.368 e. The Morgan fingerprint density at radius 1 is 1.00 bits per heavy atom. The molecule has 1 aromatic rings. The number of amides is 3. The summed E-state index contributed by atoms with van der Waals surface area (Å²) in [6.45, 7) is 0.629. The van der Waals surface area contributed by atoms with E-state index in [1.54, 1.807) is 4.90 Å². The summed E-state index contributed by atoms with van der Waals surface area (Å²) in [5.74, 6) is -2.56. The van der Waals surface area contributed by atoms with E-state index in [0.29, 0.717) is 44.3 Å². The Bertz CT molecular complexity index is 854. The van der Waals surface area contributed by atoms with Crippen molar-refractivity contribution in [1.82, 2.24) is 9.80 Å². The zero-order chi connectivity index (χ0) is 21.4. The second kappa shape index (κ2) is 8.32. The highest BCUT2D eigenvalue weighted by Gasteiger charge is 2.48. The van der Waals surface area contributed by atoms with Gasteiger partial charge in [0.25, 0.3) is 5.91 Å². The highest BCUT2D eigenvalue weighted by Crippen LogP contribution is 2.41. The second-order valence-corrected chi connectivity index (χ2v) is 8.70. The predicted octanol–water partition coefficient (Wildman–Crippen LogP) is 2.46. The lowest BCUT2D eigenvalue weighted by atomic mass is 9.84. The van der Waals surface area contributed by atoms with E-state index in [4.69, 9.17) is 5.73 Å². The molecule has 1 saturated carbocycles. The third kappa shape index (κ3) is 3.79. The first-order valence-corrected chi connectivity index (χ1v) is 10.7. The maximum Gasteiger partial charge on any atom is 0.256 e. The minimum absolute atomic E-state index is 0.0479. The molecule has 0 spiro atoms. The highest BCUT2D eigenvalue weighted by atomic mass is 19.1. The summed E-state index contributed by atoms with van der Waals surface area (Å²) in [6.07, 6.45) is 5.64. The van der Waals surface area contributed by atoms with Gasteiger partial charge in [0.15, 0.2) is 0 Å². The molecule has 0 unspecified atom stereocenters. The van der Waals surface area contributed by atoms with E-state index in [0.717, 1.165) is 37.8 Å². The first-order chi connectivity index (χ1) is 14.4. The molecule has 30 heavy (non-hydrogen) atoms. The van der Waals surface area contributed by atoms with Crippen molar-refractivity contribution in [2.45, 2.75) is 57.0 Å². The Morgan fingerprint density at radius 2 is 1.70 bits per heavy atom. The molecule has 2 aliphatic heterocycles. The predicted molar refractivity (Wildman–Crippen MR) is 105 cm³/mol. The molecule has 8 heteroatoms. The van der Waals surface area contributed by atoms with Crippen molar-refractivity contribution in [2.75, 3.05) is 13.1 Å². The fourth-order valence-corrected chi connectivity index (χ4v) is 5.40. The van der Waals surface area contributed by atoms with Gasteiger partial charge < -0.3 is 15.5 Å². The van der Waals surface area contributed by atoms with Crippen LogP contribution in [-0.2, 0) is 9.59 Å². The van der Waals surface area contributed by atoms with Crippen LogP contribution in [0.3, 0.4) is 0 Å².